The van der Waals surface area contributed by atoms with Crippen molar-refractivity contribution < 1.29 is 25.2 Å². The third kappa shape index (κ3) is 1.83. The van der Waals surface area contributed by atoms with Crippen LogP contribution >= 0.6 is 0 Å². The second kappa shape index (κ2) is 4.48. The highest BCUT2D eigenvalue weighted by molar-refractivity contribution is 4.92. The fraction of sp³-hybridized carbons (Fsp3) is 0.667. The van der Waals surface area contributed by atoms with E-state index in [0.29, 0.717) is 0 Å². The Morgan fingerprint density at radius 3 is 2.50 bits per heavy atom. The van der Waals surface area contributed by atoms with Gasteiger partial charge in [-0.3, -0.25) is 0 Å². The Labute approximate surface area is 91.5 Å². The van der Waals surface area contributed by atoms with Crippen molar-refractivity contribution in [1.82, 2.24) is 9.55 Å². The molecule has 16 heavy (non-hydrogen) atoms. The van der Waals surface area contributed by atoms with Gasteiger partial charge in [0.25, 0.3) is 0 Å². The van der Waals surface area contributed by atoms with Gasteiger partial charge in [0.05, 0.1) is 12.9 Å². The number of rotatable bonds is 2. The zero-order chi connectivity index (χ0) is 11.7. The smallest absolute Gasteiger partial charge is 0.164 e. The lowest BCUT2D eigenvalue weighted by molar-refractivity contribution is -0.251. The molecular formula is C9H14N2O5. The van der Waals surface area contributed by atoms with E-state index in [1.807, 2.05) is 0 Å². The lowest BCUT2D eigenvalue weighted by Gasteiger charge is -2.40. The quantitative estimate of drug-likeness (QED) is 0.461. The number of hydrogen-bond acceptors (Lipinski definition) is 6. The van der Waals surface area contributed by atoms with Gasteiger partial charge in [0.1, 0.15) is 24.4 Å². The number of aliphatic hydroxyl groups excluding tert-OH is 4. The molecule has 0 bridgehead atoms. The molecule has 5 atom stereocenters. The molecule has 1 aliphatic heterocycles. The summed E-state index contributed by atoms with van der Waals surface area (Å²) in [7, 11) is 0. The van der Waals surface area contributed by atoms with E-state index >= 15 is 0 Å². The predicted molar refractivity (Wildman–Crippen MR) is 51.2 cm³/mol. The van der Waals surface area contributed by atoms with Gasteiger partial charge < -0.3 is 29.7 Å². The largest absolute Gasteiger partial charge is 0.394 e. The van der Waals surface area contributed by atoms with Gasteiger partial charge in [-0.1, -0.05) is 0 Å². The van der Waals surface area contributed by atoms with Crippen molar-refractivity contribution in [2.75, 3.05) is 6.61 Å². The minimum absolute atomic E-state index is 0.434. The van der Waals surface area contributed by atoms with Crippen molar-refractivity contribution in [3.05, 3.63) is 18.7 Å². The topological polar surface area (TPSA) is 108 Å². The van der Waals surface area contributed by atoms with Crippen LogP contribution in [0.3, 0.4) is 0 Å². The minimum Gasteiger partial charge on any atom is -0.394 e. The molecule has 0 saturated carbocycles. The summed E-state index contributed by atoms with van der Waals surface area (Å²) in [6.45, 7) is -0.434. The second-order valence-electron chi connectivity index (χ2n) is 3.73. The fourth-order valence-corrected chi connectivity index (χ4v) is 1.75. The van der Waals surface area contributed by atoms with E-state index < -0.39 is 37.3 Å². The van der Waals surface area contributed by atoms with Gasteiger partial charge in [0.15, 0.2) is 6.23 Å². The zero-order valence-corrected chi connectivity index (χ0v) is 8.42. The molecule has 90 valence electrons. The van der Waals surface area contributed by atoms with E-state index in [2.05, 4.69) is 4.98 Å². The van der Waals surface area contributed by atoms with E-state index in [1.54, 1.807) is 6.20 Å². The average Bonchev–Trinajstić information content (AvgIpc) is 2.80. The first-order chi connectivity index (χ1) is 7.65. The van der Waals surface area contributed by atoms with Crippen LogP contribution in [0.4, 0.5) is 0 Å². The van der Waals surface area contributed by atoms with Gasteiger partial charge in [-0.25, -0.2) is 4.98 Å². The van der Waals surface area contributed by atoms with Crippen molar-refractivity contribution in [3.8, 4) is 0 Å². The van der Waals surface area contributed by atoms with E-state index in [0.717, 1.165) is 0 Å². The maximum Gasteiger partial charge on any atom is 0.164 e. The summed E-state index contributed by atoms with van der Waals surface area (Å²) in [5.41, 5.74) is 0. The SMILES string of the molecule is OC[C@H]1OC(n2ccnc2)[C@@H](O)[C@@H](O)[C@@H]1O. The van der Waals surface area contributed by atoms with Gasteiger partial charge in [-0.05, 0) is 0 Å². The molecule has 7 heteroatoms. The molecule has 0 spiro atoms. The maximum atomic E-state index is 9.73. The summed E-state index contributed by atoms with van der Waals surface area (Å²) in [5, 5.41) is 37.8. The van der Waals surface area contributed by atoms with Crippen LogP contribution in [0.2, 0.25) is 0 Å². The number of nitrogens with zero attached hydrogens (tertiary/aromatic N) is 2. The van der Waals surface area contributed by atoms with Crippen LogP contribution in [0.15, 0.2) is 18.7 Å². The minimum atomic E-state index is -1.36. The van der Waals surface area contributed by atoms with Crippen molar-refractivity contribution >= 4 is 0 Å². The molecule has 1 saturated heterocycles. The Morgan fingerprint density at radius 1 is 1.19 bits per heavy atom. The Bertz CT molecular complexity index is 329. The molecule has 1 aromatic heterocycles. The van der Waals surface area contributed by atoms with Crippen molar-refractivity contribution in [3.63, 3.8) is 0 Å². The van der Waals surface area contributed by atoms with Crippen LogP contribution in [-0.4, -0.2) is 61.0 Å². The number of imidazole rings is 1. The first-order valence-electron chi connectivity index (χ1n) is 4.93. The number of hydrogen-bond donors (Lipinski definition) is 4. The van der Waals surface area contributed by atoms with Gasteiger partial charge in [0.2, 0.25) is 0 Å². The van der Waals surface area contributed by atoms with Crippen LogP contribution in [0.1, 0.15) is 6.23 Å². The summed E-state index contributed by atoms with van der Waals surface area (Å²) >= 11 is 0. The predicted octanol–water partition coefficient (Wildman–Crippen LogP) is -2.14. The van der Waals surface area contributed by atoms with Crippen LogP contribution in [-0.2, 0) is 4.74 Å². The molecule has 4 N–H and O–H groups in total. The van der Waals surface area contributed by atoms with E-state index in [-0.39, 0.29) is 0 Å². The lowest BCUT2D eigenvalue weighted by Crippen LogP contribution is -2.56. The molecule has 1 fully saturated rings. The molecule has 0 aliphatic carbocycles. The molecule has 1 unspecified atom stereocenters. The number of aliphatic hydroxyl groups is 4. The van der Waals surface area contributed by atoms with Crippen molar-refractivity contribution in [2.45, 2.75) is 30.6 Å². The first kappa shape index (κ1) is 11.5. The summed E-state index contributed by atoms with van der Waals surface area (Å²) in [4.78, 5) is 3.79. The third-order valence-electron chi connectivity index (χ3n) is 2.69. The van der Waals surface area contributed by atoms with Crippen LogP contribution in [0.5, 0.6) is 0 Å². The molecular weight excluding hydrogens is 216 g/mol. The van der Waals surface area contributed by atoms with Crippen LogP contribution < -0.4 is 0 Å². The Balaban J connectivity index is 2.20. The lowest BCUT2D eigenvalue weighted by atomic mass is 9.98. The maximum absolute atomic E-state index is 9.73. The number of aromatic nitrogens is 2. The molecule has 1 aromatic rings. The summed E-state index contributed by atoms with van der Waals surface area (Å²) in [6.07, 6.45) is -1.24. The van der Waals surface area contributed by atoms with Crippen molar-refractivity contribution in [2.24, 2.45) is 0 Å². The molecule has 0 aromatic carbocycles. The normalized spacial score (nSPS) is 39.9. The van der Waals surface area contributed by atoms with Crippen LogP contribution in [0, 0.1) is 0 Å². The highest BCUT2D eigenvalue weighted by Gasteiger charge is 2.43. The average molecular weight is 230 g/mol. The van der Waals surface area contributed by atoms with E-state index in [4.69, 9.17) is 9.84 Å². The van der Waals surface area contributed by atoms with Crippen molar-refractivity contribution in [1.29, 1.82) is 0 Å². The standard InChI is InChI=1S/C9H14N2O5/c12-3-5-6(13)7(14)8(15)9(16-5)11-2-1-10-4-11/h1-2,4-9,12-15H,3H2/t5-,6-,7+,8+,9?/m1/s1. The van der Waals surface area contributed by atoms with Gasteiger partial charge in [0, 0.05) is 12.4 Å². The first-order valence-corrected chi connectivity index (χ1v) is 4.93. The Morgan fingerprint density at radius 2 is 1.94 bits per heavy atom. The summed E-state index contributed by atoms with van der Waals surface area (Å²) in [6, 6.07) is 0. The molecule has 0 amide bonds. The van der Waals surface area contributed by atoms with Crippen LogP contribution in [0.25, 0.3) is 0 Å². The molecule has 0 radical (unpaired) electrons. The second-order valence-corrected chi connectivity index (χ2v) is 3.73. The zero-order valence-electron chi connectivity index (χ0n) is 8.42. The Hall–Kier alpha value is -0.990. The third-order valence-corrected chi connectivity index (χ3v) is 2.69. The highest BCUT2D eigenvalue weighted by atomic mass is 16.6. The van der Waals surface area contributed by atoms with Gasteiger partial charge in [-0.15, -0.1) is 0 Å². The van der Waals surface area contributed by atoms with Gasteiger partial charge in [-0.2, -0.15) is 0 Å². The highest BCUT2D eigenvalue weighted by Crippen LogP contribution is 2.27. The monoisotopic (exact) mass is 230 g/mol. The summed E-state index contributed by atoms with van der Waals surface area (Å²) in [5.74, 6) is 0. The van der Waals surface area contributed by atoms with E-state index in [9.17, 15) is 15.3 Å². The summed E-state index contributed by atoms with van der Waals surface area (Å²) < 4.78 is 6.75. The molecule has 2 rings (SSSR count). The number of ether oxygens (including phenoxy) is 1. The molecule has 2 heterocycles. The fourth-order valence-electron chi connectivity index (χ4n) is 1.75. The van der Waals surface area contributed by atoms with Gasteiger partial charge >= 0.3 is 0 Å². The molecule has 1 aliphatic rings. The molecule has 7 nitrogen and oxygen atoms in total. The Kier molecular flexibility index (Phi) is 3.22. The van der Waals surface area contributed by atoms with E-state index in [1.165, 1.54) is 17.1 Å².